The van der Waals surface area contributed by atoms with E-state index in [4.69, 9.17) is 9.15 Å². The molecule has 4 atom stereocenters. The van der Waals surface area contributed by atoms with E-state index in [9.17, 15) is 30.3 Å². The molecule has 0 amide bonds. The summed E-state index contributed by atoms with van der Waals surface area (Å²) in [6.07, 6.45) is -3.81. The highest BCUT2D eigenvalue weighted by Crippen LogP contribution is 2.43. The number of ether oxygens (including phenoxy) is 1. The molecule has 152 valence electrons. The van der Waals surface area contributed by atoms with Crippen LogP contribution >= 0.6 is 0 Å². The molecule has 8 nitrogen and oxygen atoms in total. The molecule has 5 N–H and O–H groups in total. The third-order valence-electron chi connectivity index (χ3n) is 5.18. The summed E-state index contributed by atoms with van der Waals surface area (Å²) in [5, 5.41) is 50.1. The van der Waals surface area contributed by atoms with Crippen LogP contribution in [-0.2, 0) is 4.74 Å². The monoisotopic (exact) mass is 400 g/mol. The number of aromatic hydroxyl groups is 3. The van der Waals surface area contributed by atoms with Gasteiger partial charge in [0.15, 0.2) is 11.0 Å². The molecule has 29 heavy (non-hydrogen) atoms. The molecule has 2 heterocycles. The summed E-state index contributed by atoms with van der Waals surface area (Å²) >= 11 is 0. The van der Waals surface area contributed by atoms with Crippen molar-refractivity contribution < 1.29 is 34.7 Å². The third kappa shape index (κ3) is 3.31. The largest absolute Gasteiger partial charge is 0.508 e. The van der Waals surface area contributed by atoms with E-state index in [1.54, 1.807) is 19.1 Å². The molecule has 1 aliphatic rings. The van der Waals surface area contributed by atoms with Crippen LogP contribution in [0.4, 0.5) is 0 Å². The number of rotatable bonds is 2. The van der Waals surface area contributed by atoms with Crippen LogP contribution in [0.2, 0.25) is 0 Å². The van der Waals surface area contributed by atoms with Crippen molar-refractivity contribution in [1.82, 2.24) is 0 Å². The first-order chi connectivity index (χ1) is 13.8. The van der Waals surface area contributed by atoms with Crippen molar-refractivity contribution in [3.63, 3.8) is 0 Å². The molecule has 1 fully saturated rings. The Labute approximate surface area is 164 Å². The molecule has 3 aromatic rings. The molecule has 0 spiro atoms. The Kier molecular flexibility index (Phi) is 4.70. The van der Waals surface area contributed by atoms with Gasteiger partial charge >= 0.3 is 0 Å². The molecule has 1 saturated heterocycles. The number of fused-ring (bicyclic) bond motifs is 1. The van der Waals surface area contributed by atoms with Gasteiger partial charge in [0.05, 0.1) is 23.9 Å². The van der Waals surface area contributed by atoms with Gasteiger partial charge in [0.25, 0.3) is 0 Å². The van der Waals surface area contributed by atoms with Crippen LogP contribution in [0, 0.1) is 0 Å². The maximum atomic E-state index is 12.7. The molecule has 0 unspecified atom stereocenters. The Balaban J connectivity index is 1.94. The van der Waals surface area contributed by atoms with Crippen LogP contribution in [0.15, 0.2) is 45.6 Å². The molecule has 8 heteroatoms. The van der Waals surface area contributed by atoms with Crippen LogP contribution in [-0.4, -0.2) is 43.8 Å². The lowest BCUT2D eigenvalue weighted by molar-refractivity contribution is -0.163. The van der Waals surface area contributed by atoms with Crippen molar-refractivity contribution in [2.24, 2.45) is 0 Å². The summed E-state index contributed by atoms with van der Waals surface area (Å²) in [6, 6.07) is 8.22. The van der Waals surface area contributed by atoms with Crippen LogP contribution in [0.5, 0.6) is 17.2 Å². The number of aliphatic hydroxyl groups is 2. The number of benzene rings is 2. The number of phenolic OH excluding ortho intramolecular Hbond substituents is 3. The summed E-state index contributed by atoms with van der Waals surface area (Å²) in [4.78, 5) is 12.7. The summed E-state index contributed by atoms with van der Waals surface area (Å²) in [5.41, 5.74) is 0.00804. The Morgan fingerprint density at radius 3 is 2.34 bits per heavy atom. The average Bonchev–Trinajstić information content (AvgIpc) is 2.65. The molecular formula is C21H20O8. The minimum Gasteiger partial charge on any atom is -0.508 e. The fourth-order valence-electron chi connectivity index (χ4n) is 3.65. The molecule has 0 aliphatic carbocycles. The van der Waals surface area contributed by atoms with Crippen molar-refractivity contribution >= 4 is 11.0 Å². The lowest BCUT2D eigenvalue weighted by Gasteiger charge is -2.36. The predicted octanol–water partition coefficient (Wildman–Crippen LogP) is 2.15. The van der Waals surface area contributed by atoms with Crippen molar-refractivity contribution in [2.45, 2.75) is 37.8 Å². The zero-order valence-electron chi connectivity index (χ0n) is 15.4. The number of aliphatic hydroxyl groups excluding tert-OH is 2. The SMILES string of the molecule is C[C@H]1O[C@@H](c2c(O)cc(O)c3c(=O)cc(-c4ccc(O)cc4)oc23)C[C@H](O)[C@H]1O. The van der Waals surface area contributed by atoms with Gasteiger partial charge < -0.3 is 34.7 Å². The fraction of sp³-hybridized carbons (Fsp3) is 0.286. The molecule has 4 rings (SSSR count). The Bertz CT molecular complexity index is 1110. The third-order valence-corrected chi connectivity index (χ3v) is 5.18. The lowest BCUT2D eigenvalue weighted by Crippen LogP contribution is -2.44. The molecular weight excluding hydrogens is 380 g/mol. The van der Waals surface area contributed by atoms with Gasteiger partial charge in [0.1, 0.15) is 34.5 Å². The van der Waals surface area contributed by atoms with Gasteiger partial charge in [-0.1, -0.05) is 0 Å². The predicted molar refractivity (Wildman–Crippen MR) is 103 cm³/mol. The van der Waals surface area contributed by atoms with E-state index >= 15 is 0 Å². The standard InChI is InChI=1S/C21H20O8/c1-9-20(27)15(26)8-17(28-9)19-13(24)6-12(23)18-14(25)7-16(29-21(18)19)10-2-4-11(22)5-3-10/h2-7,9,15,17,20,22-24,26-27H,8H2,1H3/t9-,15+,17-,20+/m1/s1. The summed E-state index contributed by atoms with van der Waals surface area (Å²) in [6.45, 7) is 1.58. The van der Waals surface area contributed by atoms with E-state index < -0.39 is 35.6 Å². The van der Waals surface area contributed by atoms with Gasteiger partial charge in [-0.2, -0.15) is 0 Å². The van der Waals surface area contributed by atoms with Crippen molar-refractivity contribution in [1.29, 1.82) is 0 Å². The van der Waals surface area contributed by atoms with Gasteiger partial charge in [-0.15, -0.1) is 0 Å². The van der Waals surface area contributed by atoms with Crippen LogP contribution < -0.4 is 5.43 Å². The number of phenols is 3. The van der Waals surface area contributed by atoms with Crippen LogP contribution in [0.3, 0.4) is 0 Å². The zero-order valence-corrected chi connectivity index (χ0v) is 15.4. The normalized spacial score (nSPS) is 24.7. The molecule has 1 aliphatic heterocycles. The van der Waals surface area contributed by atoms with Crippen molar-refractivity contribution in [3.8, 4) is 28.6 Å². The van der Waals surface area contributed by atoms with Gasteiger partial charge in [-0.05, 0) is 31.2 Å². The first-order valence-electron chi connectivity index (χ1n) is 9.10. The van der Waals surface area contributed by atoms with Gasteiger partial charge in [-0.25, -0.2) is 0 Å². The highest BCUT2D eigenvalue weighted by atomic mass is 16.5. The van der Waals surface area contributed by atoms with E-state index in [0.29, 0.717) is 5.56 Å². The van der Waals surface area contributed by atoms with Gasteiger partial charge in [0.2, 0.25) is 0 Å². The maximum absolute atomic E-state index is 12.7. The zero-order chi connectivity index (χ0) is 20.9. The summed E-state index contributed by atoms with van der Waals surface area (Å²) in [5.74, 6) is -0.596. The van der Waals surface area contributed by atoms with Crippen molar-refractivity contribution in [3.05, 3.63) is 52.2 Å². The van der Waals surface area contributed by atoms with E-state index in [0.717, 1.165) is 6.07 Å². The van der Waals surface area contributed by atoms with Gasteiger partial charge in [0, 0.05) is 24.1 Å². The molecule has 1 aromatic heterocycles. The van der Waals surface area contributed by atoms with Crippen LogP contribution in [0.1, 0.15) is 25.0 Å². The molecule has 0 saturated carbocycles. The van der Waals surface area contributed by atoms with E-state index in [1.807, 2.05) is 0 Å². The first-order valence-corrected chi connectivity index (χ1v) is 9.10. The van der Waals surface area contributed by atoms with Gasteiger partial charge in [-0.3, -0.25) is 4.79 Å². The van der Waals surface area contributed by atoms with Crippen molar-refractivity contribution in [2.75, 3.05) is 0 Å². The minimum absolute atomic E-state index is 0.0356. The highest BCUT2D eigenvalue weighted by molar-refractivity contribution is 5.89. The Hall–Kier alpha value is -3.07. The average molecular weight is 400 g/mol. The Morgan fingerprint density at radius 2 is 1.69 bits per heavy atom. The molecule has 0 bridgehead atoms. The Morgan fingerprint density at radius 1 is 1.00 bits per heavy atom. The second-order valence-electron chi connectivity index (χ2n) is 7.18. The lowest BCUT2D eigenvalue weighted by atomic mass is 9.92. The fourth-order valence-corrected chi connectivity index (χ4v) is 3.65. The minimum atomic E-state index is -1.10. The molecule has 0 radical (unpaired) electrons. The van der Waals surface area contributed by atoms with E-state index in [2.05, 4.69) is 0 Å². The van der Waals surface area contributed by atoms with E-state index in [1.165, 1.54) is 18.2 Å². The van der Waals surface area contributed by atoms with E-state index in [-0.39, 0.29) is 40.2 Å². The first kappa shape index (κ1) is 19.3. The highest BCUT2D eigenvalue weighted by Gasteiger charge is 2.37. The summed E-state index contributed by atoms with van der Waals surface area (Å²) in [7, 11) is 0. The second kappa shape index (κ2) is 7.07. The maximum Gasteiger partial charge on any atom is 0.197 e. The summed E-state index contributed by atoms with van der Waals surface area (Å²) < 4.78 is 11.6. The number of hydrogen-bond donors (Lipinski definition) is 5. The molecule has 2 aromatic carbocycles. The second-order valence-corrected chi connectivity index (χ2v) is 7.18. The quantitative estimate of drug-likeness (QED) is 0.441. The smallest absolute Gasteiger partial charge is 0.197 e. The number of hydrogen-bond acceptors (Lipinski definition) is 8. The van der Waals surface area contributed by atoms with Crippen LogP contribution in [0.25, 0.3) is 22.3 Å². The topological polar surface area (TPSA) is 141 Å².